The van der Waals surface area contributed by atoms with E-state index in [1.54, 1.807) is 31.5 Å². The van der Waals surface area contributed by atoms with Crippen LogP contribution in [0.2, 0.25) is 5.02 Å². The predicted octanol–water partition coefficient (Wildman–Crippen LogP) is 3.22. The van der Waals surface area contributed by atoms with E-state index < -0.39 is 0 Å². The fraction of sp³-hybridized carbons (Fsp3) is 0.0769. The molecule has 0 bridgehead atoms. The smallest absolute Gasteiger partial charge is 0.151 e. The lowest BCUT2D eigenvalue weighted by atomic mass is 10.1. The van der Waals surface area contributed by atoms with E-state index in [1.807, 2.05) is 6.07 Å². The Labute approximate surface area is 104 Å². The van der Waals surface area contributed by atoms with E-state index in [0.717, 1.165) is 17.4 Å². The molecule has 0 aliphatic carbocycles. The molecule has 0 radical (unpaired) electrons. The quantitative estimate of drug-likeness (QED) is 0.782. The number of benzene rings is 1. The third kappa shape index (κ3) is 2.45. The van der Waals surface area contributed by atoms with Crippen molar-refractivity contribution in [2.24, 2.45) is 0 Å². The Morgan fingerprint density at radius 1 is 1.24 bits per heavy atom. The zero-order valence-corrected chi connectivity index (χ0v) is 9.94. The molecule has 0 fully saturated rings. The summed E-state index contributed by atoms with van der Waals surface area (Å²) in [7, 11) is 1.56. The average Bonchev–Trinajstić information content (AvgIpc) is 2.38. The van der Waals surface area contributed by atoms with E-state index in [4.69, 9.17) is 16.3 Å². The maximum atomic E-state index is 10.7. The fourth-order valence-electron chi connectivity index (χ4n) is 1.53. The number of methoxy groups -OCH3 is 1. The lowest BCUT2D eigenvalue weighted by molar-refractivity contribution is 0.112. The first-order valence-electron chi connectivity index (χ1n) is 4.98. The normalized spacial score (nSPS) is 10.0. The van der Waals surface area contributed by atoms with E-state index >= 15 is 0 Å². The minimum absolute atomic E-state index is 0.529. The summed E-state index contributed by atoms with van der Waals surface area (Å²) in [6, 6.07) is 7.20. The van der Waals surface area contributed by atoms with Gasteiger partial charge >= 0.3 is 0 Å². The Morgan fingerprint density at radius 3 is 2.71 bits per heavy atom. The zero-order chi connectivity index (χ0) is 12.3. The minimum atomic E-state index is 0.529. The lowest BCUT2D eigenvalue weighted by Gasteiger charge is -2.06. The van der Waals surface area contributed by atoms with Crippen molar-refractivity contribution in [1.29, 1.82) is 0 Å². The number of carbonyl (C=O) groups excluding carboxylic acids is 1. The van der Waals surface area contributed by atoms with Crippen LogP contribution in [0.5, 0.6) is 5.75 Å². The van der Waals surface area contributed by atoms with E-state index in [-0.39, 0.29) is 0 Å². The molecule has 86 valence electrons. The van der Waals surface area contributed by atoms with Crippen molar-refractivity contribution < 1.29 is 9.53 Å². The molecule has 0 N–H and O–H groups in total. The van der Waals surface area contributed by atoms with Crippen molar-refractivity contribution in [3.05, 3.63) is 47.2 Å². The molecule has 4 heteroatoms. The van der Waals surface area contributed by atoms with Crippen LogP contribution in [0.25, 0.3) is 11.1 Å². The van der Waals surface area contributed by atoms with Crippen LogP contribution < -0.4 is 4.74 Å². The number of halogens is 1. The summed E-state index contributed by atoms with van der Waals surface area (Å²) < 4.78 is 5.08. The number of ether oxygens (including phenoxy) is 1. The molecule has 0 aliphatic heterocycles. The first kappa shape index (κ1) is 11.6. The summed E-state index contributed by atoms with van der Waals surface area (Å²) in [6.07, 6.45) is 3.97. The van der Waals surface area contributed by atoms with Gasteiger partial charge in [-0.3, -0.25) is 9.78 Å². The molecule has 0 amide bonds. The summed E-state index contributed by atoms with van der Waals surface area (Å²) in [5, 5.41) is 0.529. The summed E-state index contributed by atoms with van der Waals surface area (Å²) in [5.41, 5.74) is 2.28. The van der Waals surface area contributed by atoms with Gasteiger partial charge in [0.05, 0.1) is 12.1 Å². The lowest BCUT2D eigenvalue weighted by Crippen LogP contribution is -1.87. The van der Waals surface area contributed by atoms with Crippen molar-refractivity contribution in [3.8, 4) is 16.9 Å². The van der Waals surface area contributed by atoms with Gasteiger partial charge in [0.1, 0.15) is 5.75 Å². The molecular formula is C13H10ClNO2. The summed E-state index contributed by atoms with van der Waals surface area (Å²) in [5.74, 6) is 0.620. The third-order valence-corrected chi connectivity index (χ3v) is 2.68. The van der Waals surface area contributed by atoms with Crippen LogP contribution in [0.4, 0.5) is 0 Å². The first-order chi connectivity index (χ1) is 8.24. The molecule has 1 aromatic carbocycles. The van der Waals surface area contributed by atoms with Gasteiger partial charge in [-0.2, -0.15) is 0 Å². The van der Waals surface area contributed by atoms with Gasteiger partial charge in [-0.25, -0.2) is 0 Å². The van der Waals surface area contributed by atoms with Crippen molar-refractivity contribution in [3.63, 3.8) is 0 Å². The molecule has 17 heavy (non-hydrogen) atoms. The highest BCUT2D eigenvalue weighted by molar-refractivity contribution is 6.32. The number of carbonyl (C=O) groups is 1. The number of hydrogen-bond acceptors (Lipinski definition) is 3. The molecule has 0 aliphatic rings. The summed E-state index contributed by atoms with van der Waals surface area (Å²) >= 11 is 6.04. The second-order valence-corrected chi connectivity index (χ2v) is 3.88. The van der Waals surface area contributed by atoms with E-state index in [9.17, 15) is 4.79 Å². The van der Waals surface area contributed by atoms with Gasteiger partial charge in [0, 0.05) is 23.5 Å². The molecule has 0 saturated carbocycles. The number of aromatic nitrogens is 1. The molecule has 0 saturated heterocycles. The van der Waals surface area contributed by atoms with E-state index in [1.165, 1.54) is 6.20 Å². The van der Waals surface area contributed by atoms with Gasteiger partial charge in [-0.1, -0.05) is 17.7 Å². The Morgan fingerprint density at radius 2 is 2.06 bits per heavy atom. The SMILES string of the molecule is COc1ccc(-c2cncc(C=O)c2)cc1Cl. The van der Waals surface area contributed by atoms with Gasteiger partial charge in [0.15, 0.2) is 6.29 Å². The number of rotatable bonds is 3. The van der Waals surface area contributed by atoms with Crippen LogP contribution >= 0.6 is 11.6 Å². The second kappa shape index (κ2) is 4.97. The molecule has 2 aromatic rings. The van der Waals surface area contributed by atoms with Gasteiger partial charge in [-0.05, 0) is 23.8 Å². The highest BCUT2D eigenvalue weighted by Gasteiger charge is 2.04. The largest absolute Gasteiger partial charge is 0.495 e. The van der Waals surface area contributed by atoms with Gasteiger partial charge in [0.2, 0.25) is 0 Å². The number of pyridine rings is 1. The topological polar surface area (TPSA) is 39.2 Å². The summed E-state index contributed by atoms with van der Waals surface area (Å²) in [4.78, 5) is 14.7. The molecule has 0 atom stereocenters. The molecule has 2 rings (SSSR count). The van der Waals surface area contributed by atoms with Crippen molar-refractivity contribution in [2.75, 3.05) is 7.11 Å². The number of hydrogen-bond donors (Lipinski definition) is 0. The minimum Gasteiger partial charge on any atom is -0.495 e. The van der Waals surface area contributed by atoms with Gasteiger partial charge in [0.25, 0.3) is 0 Å². The maximum Gasteiger partial charge on any atom is 0.151 e. The molecule has 1 heterocycles. The van der Waals surface area contributed by atoms with E-state index in [0.29, 0.717) is 16.3 Å². The van der Waals surface area contributed by atoms with Crippen LogP contribution in [-0.2, 0) is 0 Å². The van der Waals surface area contributed by atoms with Crippen LogP contribution in [0.15, 0.2) is 36.7 Å². The van der Waals surface area contributed by atoms with Crippen molar-refractivity contribution in [2.45, 2.75) is 0 Å². The van der Waals surface area contributed by atoms with Gasteiger partial charge < -0.3 is 4.74 Å². The van der Waals surface area contributed by atoms with Crippen molar-refractivity contribution in [1.82, 2.24) is 4.98 Å². The predicted molar refractivity (Wildman–Crippen MR) is 66.6 cm³/mol. The van der Waals surface area contributed by atoms with Crippen molar-refractivity contribution >= 4 is 17.9 Å². The highest BCUT2D eigenvalue weighted by Crippen LogP contribution is 2.29. The van der Waals surface area contributed by atoms with Crippen LogP contribution in [0.1, 0.15) is 10.4 Å². The third-order valence-electron chi connectivity index (χ3n) is 2.38. The Hall–Kier alpha value is -1.87. The molecule has 1 aromatic heterocycles. The average molecular weight is 248 g/mol. The van der Waals surface area contributed by atoms with Crippen LogP contribution in [0, 0.1) is 0 Å². The Bertz CT molecular complexity index is 555. The maximum absolute atomic E-state index is 10.7. The Kier molecular flexibility index (Phi) is 3.40. The molecule has 0 spiro atoms. The van der Waals surface area contributed by atoms with E-state index in [2.05, 4.69) is 4.98 Å². The second-order valence-electron chi connectivity index (χ2n) is 3.47. The zero-order valence-electron chi connectivity index (χ0n) is 9.18. The standard InChI is InChI=1S/C13H10ClNO2/c1-17-13-3-2-10(5-12(13)14)11-4-9(8-16)6-15-7-11/h2-8H,1H3. The molecule has 0 unspecified atom stereocenters. The highest BCUT2D eigenvalue weighted by atomic mass is 35.5. The molecule has 3 nitrogen and oxygen atoms in total. The molecular weight excluding hydrogens is 238 g/mol. The monoisotopic (exact) mass is 247 g/mol. The van der Waals surface area contributed by atoms with Crippen LogP contribution in [-0.4, -0.2) is 18.4 Å². The number of nitrogens with zero attached hydrogens (tertiary/aromatic N) is 1. The van der Waals surface area contributed by atoms with Crippen LogP contribution in [0.3, 0.4) is 0 Å². The first-order valence-corrected chi connectivity index (χ1v) is 5.36. The fourth-order valence-corrected chi connectivity index (χ4v) is 1.78. The number of aldehydes is 1. The Balaban J connectivity index is 2.45. The van der Waals surface area contributed by atoms with Gasteiger partial charge in [-0.15, -0.1) is 0 Å². The summed E-state index contributed by atoms with van der Waals surface area (Å²) in [6.45, 7) is 0.